The van der Waals surface area contributed by atoms with Crippen LogP contribution in [0.3, 0.4) is 0 Å². The van der Waals surface area contributed by atoms with Gasteiger partial charge in [-0.15, -0.1) is 0 Å². The Morgan fingerprint density at radius 3 is 2.89 bits per heavy atom. The second kappa shape index (κ2) is 8.06. The molecular formula is C22H21Cl2N3O. The molecule has 144 valence electrons. The maximum atomic E-state index is 12.8. The molecule has 1 amide bonds. The van der Waals surface area contributed by atoms with Crippen molar-refractivity contribution in [2.75, 3.05) is 13.1 Å². The van der Waals surface area contributed by atoms with Gasteiger partial charge in [0.25, 0.3) is 5.91 Å². The maximum Gasteiger partial charge on any atom is 0.255 e. The number of benzene rings is 2. The lowest BCUT2D eigenvalue weighted by atomic mass is 10.0. The van der Waals surface area contributed by atoms with E-state index < -0.39 is 0 Å². The van der Waals surface area contributed by atoms with Crippen LogP contribution in [0.2, 0.25) is 10.0 Å². The summed E-state index contributed by atoms with van der Waals surface area (Å²) in [7, 11) is 0. The average molecular weight is 414 g/mol. The molecule has 4 nitrogen and oxygen atoms in total. The highest BCUT2D eigenvalue weighted by molar-refractivity contribution is 6.33. The van der Waals surface area contributed by atoms with Crippen molar-refractivity contribution < 1.29 is 4.79 Å². The summed E-state index contributed by atoms with van der Waals surface area (Å²) < 4.78 is 0. The van der Waals surface area contributed by atoms with Crippen LogP contribution in [0, 0.1) is 12.8 Å². The highest BCUT2D eigenvalue weighted by Crippen LogP contribution is 2.26. The Balaban J connectivity index is 1.38. The predicted molar refractivity (Wildman–Crippen MR) is 113 cm³/mol. The van der Waals surface area contributed by atoms with Crippen LogP contribution < -0.4 is 0 Å². The summed E-state index contributed by atoms with van der Waals surface area (Å²) in [6.07, 6.45) is 4.66. The summed E-state index contributed by atoms with van der Waals surface area (Å²) in [5, 5.41) is 1.18. The molecule has 0 N–H and O–H groups in total. The Kier molecular flexibility index (Phi) is 5.51. The summed E-state index contributed by atoms with van der Waals surface area (Å²) in [6, 6.07) is 11.1. The van der Waals surface area contributed by atoms with Gasteiger partial charge in [0.1, 0.15) is 0 Å². The third kappa shape index (κ3) is 4.13. The number of amides is 1. The normalized spacial score (nSPS) is 16.7. The number of rotatable bonds is 4. The van der Waals surface area contributed by atoms with Gasteiger partial charge >= 0.3 is 0 Å². The van der Waals surface area contributed by atoms with Crippen LogP contribution in [0.25, 0.3) is 11.0 Å². The molecule has 0 saturated carbocycles. The molecule has 28 heavy (non-hydrogen) atoms. The Bertz CT molecular complexity index is 1040. The van der Waals surface area contributed by atoms with Crippen LogP contribution >= 0.6 is 23.2 Å². The van der Waals surface area contributed by atoms with Gasteiger partial charge in [-0.3, -0.25) is 9.78 Å². The average Bonchev–Trinajstić information content (AvgIpc) is 3.16. The largest absolute Gasteiger partial charge is 0.338 e. The zero-order valence-corrected chi connectivity index (χ0v) is 17.2. The monoisotopic (exact) mass is 413 g/mol. The number of aromatic nitrogens is 2. The summed E-state index contributed by atoms with van der Waals surface area (Å²) in [5.74, 6) is 0.494. The van der Waals surface area contributed by atoms with Crippen molar-refractivity contribution >= 4 is 40.1 Å². The minimum absolute atomic E-state index is 0.0265. The minimum Gasteiger partial charge on any atom is -0.338 e. The fraction of sp³-hybridized carbons (Fsp3) is 0.318. The molecule has 0 bridgehead atoms. The van der Waals surface area contributed by atoms with E-state index in [4.69, 9.17) is 23.2 Å². The van der Waals surface area contributed by atoms with Crippen molar-refractivity contribution in [2.24, 2.45) is 5.92 Å². The van der Waals surface area contributed by atoms with E-state index in [2.05, 4.69) is 9.97 Å². The molecule has 1 saturated heterocycles. The fourth-order valence-corrected chi connectivity index (χ4v) is 4.09. The van der Waals surface area contributed by atoms with Crippen molar-refractivity contribution in [3.8, 4) is 0 Å². The second-order valence-electron chi connectivity index (χ2n) is 7.42. The number of carbonyl (C=O) groups is 1. The summed E-state index contributed by atoms with van der Waals surface area (Å²) in [6.45, 7) is 3.51. The maximum absolute atomic E-state index is 12.8. The topological polar surface area (TPSA) is 46.1 Å². The van der Waals surface area contributed by atoms with Crippen LogP contribution in [-0.4, -0.2) is 33.9 Å². The smallest absolute Gasteiger partial charge is 0.255 e. The first-order valence-electron chi connectivity index (χ1n) is 9.46. The van der Waals surface area contributed by atoms with Crippen LogP contribution in [0.15, 0.2) is 42.6 Å². The minimum atomic E-state index is 0.0265. The number of nitrogens with zero attached hydrogens (tertiary/aromatic N) is 3. The molecule has 1 aliphatic heterocycles. The van der Waals surface area contributed by atoms with Gasteiger partial charge in [-0.2, -0.15) is 0 Å². The van der Waals surface area contributed by atoms with Crippen LogP contribution in [0.1, 0.15) is 34.5 Å². The van der Waals surface area contributed by atoms with Gasteiger partial charge in [-0.05, 0) is 62.4 Å². The number of hydrogen-bond donors (Lipinski definition) is 0. The number of halogens is 2. The third-order valence-corrected chi connectivity index (χ3v) is 5.85. The van der Waals surface area contributed by atoms with E-state index in [-0.39, 0.29) is 5.91 Å². The van der Waals surface area contributed by atoms with Gasteiger partial charge in [-0.1, -0.05) is 34.8 Å². The summed E-state index contributed by atoms with van der Waals surface area (Å²) >= 11 is 12.2. The SMILES string of the molecule is Cc1ccc(Cl)c(C(=O)N2CC[C@@H](CCc3cnc4cc(Cl)ccc4n3)C2)c1. The Hall–Kier alpha value is -2.17. The van der Waals surface area contributed by atoms with Gasteiger partial charge in [0.15, 0.2) is 0 Å². The summed E-state index contributed by atoms with van der Waals surface area (Å²) in [4.78, 5) is 23.9. The first-order valence-corrected chi connectivity index (χ1v) is 10.2. The van der Waals surface area contributed by atoms with E-state index >= 15 is 0 Å². The van der Waals surface area contributed by atoms with Gasteiger partial charge in [0, 0.05) is 24.3 Å². The number of likely N-dealkylation sites (tertiary alicyclic amines) is 1. The second-order valence-corrected chi connectivity index (χ2v) is 8.27. The molecule has 1 fully saturated rings. The fourth-order valence-electron chi connectivity index (χ4n) is 3.72. The van der Waals surface area contributed by atoms with Gasteiger partial charge in [-0.25, -0.2) is 4.98 Å². The molecule has 0 radical (unpaired) electrons. The van der Waals surface area contributed by atoms with Crippen LogP contribution in [0.5, 0.6) is 0 Å². The molecule has 1 atom stereocenters. The quantitative estimate of drug-likeness (QED) is 0.579. The Morgan fingerprint density at radius 1 is 1.18 bits per heavy atom. The number of carbonyl (C=O) groups excluding carboxylic acids is 1. The molecule has 0 spiro atoms. The van der Waals surface area contributed by atoms with Gasteiger partial charge < -0.3 is 4.90 Å². The molecule has 3 aromatic rings. The lowest BCUT2D eigenvalue weighted by molar-refractivity contribution is 0.0786. The molecule has 2 heterocycles. The molecule has 1 aromatic heterocycles. The standard InChI is InChI=1S/C22H21Cl2N3O/c1-14-2-6-19(24)18(10-14)22(28)27-9-8-15(13-27)3-5-17-12-25-21-11-16(23)4-7-20(21)26-17/h2,4,6-7,10-12,15H,3,5,8-9,13H2,1H3/t15-/m1/s1. The van der Waals surface area contributed by atoms with Gasteiger partial charge in [0.05, 0.1) is 27.3 Å². The summed E-state index contributed by atoms with van der Waals surface area (Å²) in [5.41, 5.74) is 4.28. The van der Waals surface area contributed by atoms with E-state index in [1.807, 2.05) is 48.4 Å². The molecule has 0 aliphatic carbocycles. The van der Waals surface area contributed by atoms with Crippen LogP contribution in [0.4, 0.5) is 0 Å². The van der Waals surface area contributed by atoms with Crippen molar-refractivity contribution in [1.29, 1.82) is 0 Å². The highest BCUT2D eigenvalue weighted by atomic mass is 35.5. The Labute approximate surface area is 174 Å². The number of fused-ring (bicyclic) bond motifs is 1. The van der Waals surface area contributed by atoms with E-state index in [1.54, 1.807) is 6.07 Å². The lowest BCUT2D eigenvalue weighted by Crippen LogP contribution is -2.29. The van der Waals surface area contributed by atoms with Gasteiger partial charge in [0.2, 0.25) is 0 Å². The molecule has 4 rings (SSSR count). The zero-order valence-electron chi connectivity index (χ0n) is 15.7. The van der Waals surface area contributed by atoms with E-state index in [0.29, 0.717) is 21.5 Å². The van der Waals surface area contributed by atoms with E-state index in [9.17, 15) is 4.79 Å². The first kappa shape index (κ1) is 19.2. The molecule has 2 aromatic carbocycles. The zero-order chi connectivity index (χ0) is 19.7. The molecule has 1 aliphatic rings. The van der Waals surface area contributed by atoms with E-state index in [0.717, 1.165) is 54.6 Å². The molecule has 6 heteroatoms. The van der Waals surface area contributed by atoms with Crippen molar-refractivity contribution in [3.05, 3.63) is 69.5 Å². The molecular weight excluding hydrogens is 393 g/mol. The predicted octanol–water partition coefficient (Wildman–Crippen LogP) is 5.34. The lowest BCUT2D eigenvalue weighted by Gasteiger charge is -2.17. The van der Waals surface area contributed by atoms with Crippen molar-refractivity contribution in [3.63, 3.8) is 0 Å². The first-order chi connectivity index (χ1) is 13.5. The van der Waals surface area contributed by atoms with E-state index in [1.165, 1.54) is 0 Å². The third-order valence-electron chi connectivity index (χ3n) is 5.29. The number of hydrogen-bond acceptors (Lipinski definition) is 3. The van der Waals surface area contributed by atoms with Crippen molar-refractivity contribution in [2.45, 2.75) is 26.2 Å². The highest BCUT2D eigenvalue weighted by Gasteiger charge is 2.28. The molecule has 0 unspecified atom stereocenters. The number of aryl methyl sites for hydroxylation is 2. The van der Waals surface area contributed by atoms with Crippen LogP contribution in [-0.2, 0) is 6.42 Å². The Morgan fingerprint density at radius 2 is 2.04 bits per heavy atom. The van der Waals surface area contributed by atoms with Crippen molar-refractivity contribution in [1.82, 2.24) is 14.9 Å².